The number of hydrogen-bond acceptors (Lipinski definition) is 2. The maximum Gasteiger partial charge on any atom is 0.158 e. The molecule has 0 aliphatic carbocycles. The molecular formula is C19H16F2N2O. The molecule has 0 unspecified atom stereocenters. The highest BCUT2D eigenvalue weighted by Crippen LogP contribution is 2.32. The summed E-state index contributed by atoms with van der Waals surface area (Å²) in [4.78, 5) is 2.09. The van der Waals surface area contributed by atoms with Crippen LogP contribution in [0.4, 0.5) is 14.5 Å². The van der Waals surface area contributed by atoms with Gasteiger partial charge >= 0.3 is 0 Å². The van der Waals surface area contributed by atoms with Crippen molar-refractivity contribution in [2.45, 2.75) is 6.23 Å². The van der Waals surface area contributed by atoms with Gasteiger partial charge in [0, 0.05) is 35.9 Å². The highest BCUT2D eigenvalue weighted by atomic mass is 19.1. The minimum Gasteiger partial charge on any atom is -0.352 e. The van der Waals surface area contributed by atoms with Crippen LogP contribution < -0.4 is 4.90 Å². The van der Waals surface area contributed by atoms with E-state index in [4.69, 9.17) is 4.74 Å². The van der Waals surface area contributed by atoms with Crippen LogP contribution in [-0.4, -0.2) is 17.7 Å². The minimum atomic E-state index is -0.271. The molecule has 1 fully saturated rings. The van der Waals surface area contributed by atoms with Crippen LogP contribution in [0.25, 0.3) is 5.69 Å². The molecule has 0 saturated carbocycles. The van der Waals surface area contributed by atoms with Gasteiger partial charge in [-0.2, -0.15) is 0 Å². The number of hydrogen-bond donors (Lipinski definition) is 0. The van der Waals surface area contributed by atoms with Gasteiger partial charge in [-0.1, -0.05) is 6.07 Å². The Morgan fingerprint density at radius 2 is 1.75 bits per heavy atom. The van der Waals surface area contributed by atoms with Crippen LogP contribution in [0, 0.1) is 11.6 Å². The van der Waals surface area contributed by atoms with Crippen LogP contribution in [0.15, 0.2) is 67.0 Å². The first-order valence-corrected chi connectivity index (χ1v) is 7.78. The third kappa shape index (κ3) is 2.78. The van der Waals surface area contributed by atoms with E-state index in [2.05, 4.69) is 4.90 Å². The second-order valence-electron chi connectivity index (χ2n) is 5.72. The molecular weight excluding hydrogens is 310 g/mol. The normalized spacial score (nSPS) is 17.4. The predicted octanol–water partition coefficient (Wildman–Crippen LogP) is 4.29. The van der Waals surface area contributed by atoms with Crippen LogP contribution in [0.1, 0.15) is 11.8 Å². The molecule has 0 radical (unpaired) electrons. The molecule has 122 valence electrons. The standard InChI is InChI=1S/C19H16F2N2O/c20-15-4-6-17(7-5-15)23-10-11-24-19(23)14-8-9-22(13-14)18-3-1-2-16(21)12-18/h1-9,12-13,19H,10-11H2/t19-/m1/s1. The lowest BCUT2D eigenvalue weighted by Gasteiger charge is -2.24. The fraction of sp³-hybridized carbons (Fsp3) is 0.158. The zero-order chi connectivity index (χ0) is 16.5. The maximum atomic E-state index is 13.4. The SMILES string of the molecule is Fc1ccc(N2CCO[C@@H]2c2ccn(-c3cccc(F)c3)c2)cc1. The van der Waals surface area contributed by atoms with Crippen LogP contribution in [-0.2, 0) is 4.74 Å². The van der Waals surface area contributed by atoms with E-state index in [1.54, 1.807) is 18.2 Å². The van der Waals surface area contributed by atoms with E-state index in [0.717, 1.165) is 23.5 Å². The fourth-order valence-corrected chi connectivity index (χ4v) is 3.00. The van der Waals surface area contributed by atoms with Crippen molar-refractivity contribution in [3.63, 3.8) is 0 Å². The molecule has 0 amide bonds. The number of nitrogens with zero attached hydrogens (tertiary/aromatic N) is 2. The average Bonchev–Trinajstić information content (AvgIpc) is 3.24. The second kappa shape index (κ2) is 6.09. The minimum absolute atomic E-state index is 0.231. The topological polar surface area (TPSA) is 17.4 Å². The van der Waals surface area contributed by atoms with Gasteiger partial charge < -0.3 is 14.2 Å². The first-order chi connectivity index (χ1) is 11.7. The van der Waals surface area contributed by atoms with Gasteiger partial charge in [0.05, 0.1) is 6.61 Å². The molecule has 5 heteroatoms. The summed E-state index contributed by atoms with van der Waals surface area (Å²) in [6.45, 7) is 1.34. The first kappa shape index (κ1) is 14.9. The first-order valence-electron chi connectivity index (χ1n) is 7.78. The Morgan fingerprint density at radius 1 is 0.917 bits per heavy atom. The zero-order valence-electron chi connectivity index (χ0n) is 12.9. The lowest BCUT2D eigenvalue weighted by molar-refractivity contribution is 0.114. The van der Waals surface area contributed by atoms with Gasteiger partial charge in [-0.25, -0.2) is 8.78 Å². The summed E-state index contributed by atoms with van der Waals surface area (Å²) >= 11 is 0. The Morgan fingerprint density at radius 3 is 2.54 bits per heavy atom. The smallest absolute Gasteiger partial charge is 0.158 e. The van der Waals surface area contributed by atoms with Gasteiger partial charge in [-0.3, -0.25) is 0 Å². The molecule has 1 aliphatic rings. The summed E-state index contributed by atoms with van der Waals surface area (Å²) in [6.07, 6.45) is 3.58. The van der Waals surface area contributed by atoms with Crippen molar-refractivity contribution >= 4 is 5.69 Å². The van der Waals surface area contributed by atoms with Gasteiger partial charge in [0.2, 0.25) is 0 Å². The largest absolute Gasteiger partial charge is 0.352 e. The zero-order valence-corrected chi connectivity index (χ0v) is 12.9. The Labute approximate surface area is 138 Å². The highest BCUT2D eigenvalue weighted by molar-refractivity contribution is 5.49. The van der Waals surface area contributed by atoms with E-state index < -0.39 is 0 Å². The lowest BCUT2D eigenvalue weighted by Crippen LogP contribution is -2.22. The van der Waals surface area contributed by atoms with Gasteiger partial charge in [0.25, 0.3) is 0 Å². The third-order valence-electron chi connectivity index (χ3n) is 4.16. The molecule has 1 aliphatic heterocycles. The van der Waals surface area contributed by atoms with Crippen molar-refractivity contribution in [1.82, 2.24) is 4.57 Å². The maximum absolute atomic E-state index is 13.4. The number of halogens is 2. The number of ether oxygens (including phenoxy) is 1. The van der Waals surface area contributed by atoms with Gasteiger partial charge in [-0.05, 0) is 48.5 Å². The number of rotatable bonds is 3. The Bertz CT molecular complexity index is 845. The van der Waals surface area contributed by atoms with Crippen LogP contribution in [0.3, 0.4) is 0 Å². The Balaban J connectivity index is 1.62. The van der Waals surface area contributed by atoms with Crippen molar-refractivity contribution in [1.29, 1.82) is 0 Å². The molecule has 0 spiro atoms. The lowest BCUT2D eigenvalue weighted by atomic mass is 10.2. The van der Waals surface area contributed by atoms with E-state index in [1.807, 2.05) is 29.1 Å². The molecule has 3 aromatic rings. The van der Waals surface area contributed by atoms with E-state index >= 15 is 0 Å². The summed E-state index contributed by atoms with van der Waals surface area (Å²) in [6, 6.07) is 14.8. The predicted molar refractivity (Wildman–Crippen MR) is 88.2 cm³/mol. The van der Waals surface area contributed by atoms with Crippen LogP contribution in [0.2, 0.25) is 0 Å². The molecule has 24 heavy (non-hydrogen) atoms. The summed E-state index contributed by atoms with van der Waals surface area (Å²) < 4.78 is 34.3. The van der Waals surface area contributed by atoms with E-state index in [9.17, 15) is 8.78 Å². The fourth-order valence-electron chi connectivity index (χ4n) is 3.00. The molecule has 2 heterocycles. The molecule has 1 aromatic heterocycles. The Hall–Kier alpha value is -2.66. The average molecular weight is 326 g/mol. The van der Waals surface area contributed by atoms with Crippen LogP contribution in [0.5, 0.6) is 0 Å². The molecule has 0 N–H and O–H groups in total. The van der Waals surface area contributed by atoms with Crippen LogP contribution >= 0.6 is 0 Å². The van der Waals surface area contributed by atoms with Gasteiger partial charge in [-0.15, -0.1) is 0 Å². The van der Waals surface area contributed by atoms with Crippen molar-refractivity contribution < 1.29 is 13.5 Å². The summed E-state index contributed by atoms with van der Waals surface area (Å²) in [5.41, 5.74) is 2.64. The molecule has 4 rings (SSSR count). The molecule has 0 bridgehead atoms. The Kier molecular flexibility index (Phi) is 3.78. The summed E-state index contributed by atoms with van der Waals surface area (Å²) in [5, 5.41) is 0. The number of aromatic nitrogens is 1. The number of anilines is 1. The van der Waals surface area contributed by atoms with Crippen molar-refractivity contribution in [2.24, 2.45) is 0 Å². The van der Waals surface area contributed by atoms with Gasteiger partial charge in [0.1, 0.15) is 11.6 Å². The van der Waals surface area contributed by atoms with E-state index in [1.165, 1.54) is 24.3 Å². The quantitative estimate of drug-likeness (QED) is 0.714. The summed E-state index contributed by atoms with van der Waals surface area (Å²) in [5.74, 6) is -0.527. The molecule has 1 saturated heterocycles. The van der Waals surface area contributed by atoms with E-state index in [0.29, 0.717) is 6.61 Å². The third-order valence-corrected chi connectivity index (χ3v) is 4.16. The van der Waals surface area contributed by atoms with Crippen molar-refractivity contribution in [3.05, 3.63) is 84.2 Å². The van der Waals surface area contributed by atoms with Crippen molar-refractivity contribution in [3.8, 4) is 5.69 Å². The molecule has 2 aromatic carbocycles. The second-order valence-corrected chi connectivity index (χ2v) is 5.72. The van der Waals surface area contributed by atoms with Crippen molar-refractivity contribution in [2.75, 3.05) is 18.1 Å². The number of benzene rings is 2. The van der Waals surface area contributed by atoms with Gasteiger partial charge in [0.15, 0.2) is 6.23 Å². The highest BCUT2D eigenvalue weighted by Gasteiger charge is 2.27. The molecule has 3 nitrogen and oxygen atoms in total. The molecule has 1 atom stereocenters. The summed E-state index contributed by atoms with van der Waals surface area (Å²) in [7, 11) is 0. The monoisotopic (exact) mass is 326 g/mol. The van der Waals surface area contributed by atoms with E-state index in [-0.39, 0.29) is 17.9 Å².